The molecule has 2 aromatic heterocycles. The van der Waals surface area contributed by atoms with Crippen LogP contribution in [0.5, 0.6) is 0 Å². The second-order valence-corrected chi connectivity index (χ2v) is 7.25. The average molecular weight is 336 g/mol. The summed E-state index contributed by atoms with van der Waals surface area (Å²) >= 11 is 0. The molecule has 3 heterocycles. The molecule has 0 bridgehead atoms. The van der Waals surface area contributed by atoms with Crippen molar-refractivity contribution in [1.82, 2.24) is 14.6 Å². The van der Waals surface area contributed by atoms with Gasteiger partial charge in [0.25, 0.3) is 0 Å². The van der Waals surface area contributed by atoms with E-state index in [2.05, 4.69) is 10.00 Å². The molecule has 0 amide bonds. The Balaban J connectivity index is 1.63. The third kappa shape index (κ3) is 2.27. The normalized spacial score (nSPS) is 18.8. The largest absolute Gasteiger partial charge is 0.465 e. The first-order valence-electron chi connectivity index (χ1n) is 8.80. The molecule has 1 spiro atoms. The number of esters is 1. The van der Waals surface area contributed by atoms with Gasteiger partial charge in [0.05, 0.1) is 29.9 Å². The molecule has 1 aromatic carbocycles. The summed E-state index contributed by atoms with van der Waals surface area (Å²) < 4.78 is 6.75. The van der Waals surface area contributed by atoms with E-state index in [1.807, 2.05) is 16.6 Å². The Labute approximate surface area is 145 Å². The molecule has 1 saturated carbocycles. The monoisotopic (exact) mass is 336 g/mol. The molecule has 0 unspecified atom stereocenters. The maximum absolute atomic E-state index is 11.9. The Kier molecular flexibility index (Phi) is 3.04. The Bertz CT molecular complexity index is 980. The van der Waals surface area contributed by atoms with Crippen LogP contribution in [0.25, 0.3) is 16.6 Å². The summed E-state index contributed by atoms with van der Waals surface area (Å²) in [6.07, 6.45) is 7.07. The zero-order valence-corrected chi connectivity index (χ0v) is 14.2. The number of piperidine rings is 1. The van der Waals surface area contributed by atoms with E-state index in [0.717, 1.165) is 35.5 Å². The van der Waals surface area contributed by atoms with Crippen molar-refractivity contribution in [3.05, 3.63) is 36.0 Å². The molecule has 128 valence electrons. The number of aromatic nitrogens is 3. The van der Waals surface area contributed by atoms with Gasteiger partial charge in [-0.3, -0.25) is 0 Å². The number of hydrogen-bond donors (Lipinski definition) is 0. The highest BCUT2D eigenvalue weighted by Gasteiger charge is 2.44. The molecule has 6 heteroatoms. The van der Waals surface area contributed by atoms with Gasteiger partial charge in [-0.05, 0) is 55.4 Å². The predicted octanol–water partition coefficient (Wildman–Crippen LogP) is 3.05. The van der Waals surface area contributed by atoms with Gasteiger partial charge in [0.15, 0.2) is 5.82 Å². The molecule has 25 heavy (non-hydrogen) atoms. The van der Waals surface area contributed by atoms with Crippen LogP contribution in [0.3, 0.4) is 0 Å². The van der Waals surface area contributed by atoms with Crippen molar-refractivity contribution in [1.29, 1.82) is 0 Å². The quantitative estimate of drug-likeness (QED) is 0.673. The molecule has 1 saturated heterocycles. The smallest absolute Gasteiger partial charge is 0.337 e. The lowest BCUT2D eigenvalue weighted by atomic mass is 9.94. The lowest BCUT2D eigenvalue weighted by Gasteiger charge is -2.33. The van der Waals surface area contributed by atoms with E-state index in [1.54, 1.807) is 18.3 Å². The van der Waals surface area contributed by atoms with Gasteiger partial charge in [0, 0.05) is 13.1 Å². The fourth-order valence-corrected chi connectivity index (χ4v) is 3.98. The Morgan fingerprint density at radius 1 is 1.12 bits per heavy atom. The summed E-state index contributed by atoms with van der Waals surface area (Å²) in [6.45, 7) is 2.08. The van der Waals surface area contributed by atoms with Crippen LogP contribution in [-0.4, -0.2) is 40.8 Å². The summed E-state index contributed by atoms with van der Waals surface area (Å²) in [6, 6.07) is 7.44. The molecule has 5 rings (SSSR count). The van der Waals surface area contributed by atoms with Crippen molar-refractivity contribution in [3.8, 4) is 0 Å². The Morgan fingerprint density at radius 3 is 2.64 bits per heavy atom. The first kappa shape index (κ1) is 14.7. The molecule has 6 nitrogen and oxygen atoms in total. The highest BCUT2D eigenvalue weighted by molar-refractivity contribution is 5.94. The van der Waals surface area contributed by atoms with Crippen LogP contribution >= 0.6 is 0 Å². The van der Waals surface area contributed by atoms with Crippen molar-refractivity contribution in [3.63, 3.8) is 0 Å². The summed E-state index contributed by atoms with van der Waals surface area (Å²) in [5.74, 6) is 0.613. The number of fused-ring (bicyclic) bond motifs is 3. The number of methoxy groups -OCH3 is 1. The molecule has 1 aliphatic heterocycles. The van der Waals surface area contributed by atoms with Gasteiger partial charge in [-0.1, -0.05) is 0 Å². The standard InChI is InChI=1S/C19H20N4O2/c1-25-18(24)13-2-3-15-14(12-13)21-17(16-4-9-20-23(15)16)22-10-7-19(5-6-19)8-11-22/h2-4,9,12H,5-8,10-11H2,1H3. The van der Waals surface area contributed by atoms with Crippen LogP contribution in [-0.2, 0) is 4.74 Å². The van der Waals surface area contributed by atoms with Gasteiger partial charge in [0.2, 0.25) is 0 Å². The second kappa shape index (κ2) is 5.18. The minimum absolute atomic E-state index is 0.348. The van der Waals surface area contributed by atoms with Crippen LogP contribution in [0.1, 0.15) is 36.0 Å². The molecule has 1 aliphatic carbocycles. The van der Waals surface area contributed by atoms with Gasteiger partial charge in [-0.15, -0.1) is 0 Å². The van der Waals surface area contributed by atoms with E-state index in [9.17, 15) is 4.79 Å². The lowest BCUT2D eigenvalue weighted by Crippen LogP contribution is -2.35. The number of rotatable bonds is 2. The minimum atomic E-state index is -0.348. The Hall–Kier alpha value is -2.63. The van der Waals surface area contributed by atoms with Crippen LogP contribution in [0.4, 0.5) is 5.82 Å². The summed E-state index contributed by atoms with van der Waals surface area (Å²) in [4.78, 5) is 19.1. The van der Waals surface area contributed by atoms with E-state index in [1.165, 1.54) is 32.8 Å². The van der Waals surface area contributed by atoms with Gasteiger partial charge in [-0.2, -0.15) is 5.10 Å². The number of benzene rings is 1. The fraction of sp³-hybridized carbons (Fsp3) is 0.421. The van der Waals surface area contributed by atoms with Crippen molar-refractivity contribution < 1.29 is 9.53 Å². The zero-order valence-electron chi connectivity index (χ0n) is 14.2. The molecule has 2 aliphatic rings. The third-order valence-electron chi connectivity index (χ3n) is 5.80. The van der Waals surface area contributed by atoms with Crippen LogP contribution in [0.15, 0.2) is 30.5 Å². The predicted molar refractivity (Wildman–Crippen MR) is 94.9 cm³/mol. The number of ether oxygens (including phenoxy) is 1. The van der Waals surface area contributed by atoms with Crippen LogP contribution in [0, 0.1) is 5.41 Å². The highest BCUT2D eigenvalue weighted by Crippen LogP contribution is 2.54. The first-order valence-corrected chi connectivity index (χ1v) is 8.80. The van der Waals surface area contributed by atoms with Gasteiger partial charge < -0.3 is 9.64 Å². The summed E-state index contributed by atoms with van der Waals surface area (Å²) in [7, 11) is 1.39. The van der Waals surface area contributed by atoms with E-state index in [0.29, 0.717) is 11.0 Å². The topological polar surface area (TPSA) is 59.7 Å². The summed E-state index contributed by atoms with van der Waals surface area (Å²) in [5.41, 5.74) is 3.82. The number of carbonyl (C=O) groups excluding carboxylic acids is 1. The number of nitrogens with zero attached hydrogens (tertiary/aromatic N) is 4. The van der Waals surface area contributed by atoms with Crippen LogP contribution < -0.4 is 4.90 Å². The maximum Gasteiger partial charge on any atom is 0.337 e. The number of hydrogen-bond acceptors (Lipinski definition) is 5. The maximum atomic E-state index is 11.9. The van der Waals surface area contributed by atoms with E-state index < -0.39 is 0 Å². The van der Waals surface area contributed by atoms with E-state index in [-0.39, 0.29) is 5.97 Å². The SMILES string of the molecule is COC(=O)c1ccc2c(c1)nc(N1CCC3(CC1)CC3)c1ccnn12. The molecular formula is C19H20N4O2. The molecule has 0 N–H and O–H groups in total. The van der Waals surface area contributed by atoms with Crippen LogP contribution in [0.2, 0.25) is 0 Å². The molecular weight excluding hydrogens is 316 g/mol. The minimum Gasteiger partial charge on any atom is -0.465 e. The molecule has 3 aromatic rings. The molecule has 0 radical (unpaired) electrons. The number of anilines is 1. The van der Waals surface area contributed by atoms with Crippen molar-refractivity contribution in [2.75, 3.05) is 25.1 Å². The number of carbonyl (C=O) groups is 1. The second-order valence-electron chi connectivity index (χ2n) is 7.25. The zero-order chi connectivity index (χ0) is 17.0. The van der Waals surface area contributed by atoms with Crippen molar-refractivity contribution in [2.45, 2.75) is 25.7 Å². The van der Waals surface area contributed by atoms with E-state index >= 15 is 0 Å². The van der Waals surface area contributed by atoms with Gasteiger partial charge in [-0.25, -0.2) is 14.3 Å². The first-order chi connectivity index (χ1) is 12.2. The van der Waals surface area contributed by atoms with E-state index in [4.69, 9.17) is 9.72 Å². The van der Waals surface area contributed by atoms with Crippen molar-refractivity contribution in [2.24, 2.45) is 5.41 Å². The fourth-order valence-electron chi connectivity index (χ4n) is 3.98. The third-order valence-corrected chi connectivity index (χ3v) is 5.80. The van der Waals surface area contributed by atoms with Crippen molar-refractivity contribution >= 4 is 28.3 Å². The summed E-state index contributed by atoms with van der Waals surface area (Å²) in [5, 5.41) is 4.47. The van der Waals surface area contributed by atoms with Gasteiger partial charge >= 0.3 is 5.97 Å². The highest BCUT2D eigenvalue weighted by atomic mass is 16.5. The Morgan fingerprint density at radius 2 is 1.92 bits per heavy atom. The lowest BCUT2D eigenvalue weighted by molar-refractivity contribution is 0.0601. The molecule has 0 atom stereocenters. The molecule has 2 fully saturated rings. The average Bonchev–Trinajstić information content (AvgIpc) is 3.21. The van der Waals surface area contributed by atoms with Gasteiger partial charge in [0.1, 0.15) is 5.52 Å².